The van der Waals surface area contributed by atoms with Crippen molar-refractivity contribution in [3.05, 3.63) is 233 Å². The van der Waals surface area contributed by atoms with Crippen molar-refractivity contribution in [1.29, 1.82) is 5.26 Å². The largest absolute Gasteiger partial charge is 0.310 e. The highest BCUT2D eigenvalue weighted by molar-refractivity contribution is 6.09. The maximum absolute atomic E-state index is 10.0. The van der Waals surface area contributed by atoms with Crippen LogP contribution in [0.5, 0.6) is 0 Å². The minimum Gasteiger partial charge on any atom is -0.310 e. The summed E-state index contributed by atoms with van der Waals surface area (Å²) in [7, 11) is 0. The monoisotopic (exact) mass is 700 g/mol. The SMILES string of the molecule is [C-]#[N+]c1cc(C#N)cc(-c2cc(N3c4ccccc4C(c4ccccc4)(c4ccccc4)c4ccccc43)cc(-n3c4ccccc4c4ccccc43)c2)c1. The average Bonchev–Trinajstić information content (AvgIpc) is 3.60. The quantitative estimate of drug-likeness (QED) is 0.168. The van der Waals surface area contributed by atoms with Gasteiger partial charge in [-0.15, -0.1) is 0 Å². The van der Waals surface area contributed by atoms with Gasteiger partial charge in [0.2, 0.25) is 0 Å². The van der Waals surface area contributed by atoms with E-state index in [9.17, 15) is 5.26 Å². The Balaban J connectivity index is 1.31. The Labute approximate surface area is 319 Å². The first kappa shape index (κ1) is 32.0. The van der Waals surface area contributed by atoms with E-state index in [1.807, 2.05) is 12.1 Å². The second-order valence-electron chi connectivity index (χ2n) is 14.0. The van der Waals surface area contributed by atoms with Gasteiger partial charge in [-0.05, 0) is 94.0 Å². The van der Waals surface area contributed by atoms with Crippen LogP contribution in [0.2, 0.25) is 0 Å². The third-order valence-electron chi connectivity index (χ3n) is 11.0. The summed E-state index contributed by atoms with van der Waals surface area (Å²) < 4.78 is 2.33. The first-order valence-electron chi connectivity index (χ1n) is 18.4. The summed E-state index contributed by atoms with van der Waals surface area (Å²) in [5.74, 6) is 0. The van der Waals surface area contributed by atoms with Crippen molar-refractivity contribution in [1.82, 2.24) is 4.57 Å². The molecule has 0 aliphatic carbocycles. The van der Waals surface area contributed by atoms with Crippen molar-refractivity contribution in [2.75, 3.05) is 4.90 Å². The second-order valence-corrected chi connectivity index (χ2v) is 14.0. The number of aromatic nitrogens is 1. The number of para-hydroxylation sites is 4. The van der Waals surface area contributed by atoms with Gasteiger partial charge in [-0.3, -0.25) is 0 Å². The molecule has 0 N–H and O–H groups in total. The van der Waals surface area contributed by atoms with Crippen LogP contribution in [-0.2, 0) is 5.41 Å². The molecule has 0 radical (unpaired) electrons. The molecule has 0 spiro atoms. The Morgan fingerprint density at radius 1 is 0.491 bits per heavy atom. The zero-order chi connectivity index (χ0) is 36.9. The molecule has 9 aromatic rings. The molecule has 256 valence electrons. The van der Waals surface area contributed by atoms with Gasteiger partial charge in [0.15, 0.2) is 5.69 Å². The van der Waals surface area contributed by atoms with Crippen LogP contribution in [0.4, 0.5) is 22.7 Å². The predicted molar refractivity (Wildman–Crippen MR) is 224 cm³/mol. The van der Waals surface area contributed by atoms with Crippen LogP contribution in [0.25, 0.3) is 43.5 Å². The van der Waals surface area contributed by atoms with Gasteiger partial charge in [0, 0.05) is 27.7 Å². The van der Waals surface area contributed by atoms with E-state index in [1.165, 1.54) is 33.0 Å². The van der Waals surface area contributed by atoms with Gasteiger partial charge >= 0.3 is 0 Å². The average molecular weight is 701 g/mol. The molecule has 4 heteroatoms. The molecule has 0 atom stereocenters. The lowest BCUT2D eigenvalue weighted by atomic mass is 9.62. The predicted octanol–water partition coefficient (Wildman–Crippen LogP) is 13.0. The minimum absolute atomic E-state index is 0.432. The molecular formula is C51H32N4. The lowest BCUT2D eigenvalue weighted by Crippen LogP contribution is -2.37. The van der Waals surface area contributed by atoms with Gasteiger partial charge in [-0.2, -0.15) is 5.26 Å². The summed E-state index contributed by atoms with van der Waals surface area (Å²) in [6, 6.07) is 70.6. The van der Waals surface area contributed by atoms with Gasteiger partial charge in [-0.25, -0.2) is 4.85 Å². The number of hydrogen-bond donors (Lipinski definition) is 0. The lowest BCUT2D eigenvalue weighted by Gasteiger charge is -2.46. The highest BCUT2D eigenvalue weighted by atomic mass is 15.2. The van der Waals surface area contributed by atoms with Gasteiger partial charge in [0.05, 0.1) is 40.5 Å². The molecule has 0 bridgehead atoms. The summed E-state index contributed by atoms with van der Waals surface area (Å²) in [6.07, 6.45) is 0. The zero-order valence-electron chi connectivity index (χ0n) is 29.8. The van der Waals surface area contributed by atoms with E-state index < -0.39 is 5.41 Å². The number of benzene rings is 8. The lowest BCUT2D eigenvalue weighted by molar-refractivity contribution is 0.731. The van der Waals surface area contributed by atoms with Crippen LogP contribution in [0.15, 0.2) is 194 Å². The van der Waals surface area contributed by atoms with Crippen molar-refractivity contribution < 1.29 is 0 Å². The van der Waals surface area contributed by atoms with Crippen LogP contribution in [0.1, 0.15) is 27.8 Å². The van der Waals surface area contributed by atoms with E-state index in [-0.39, 0.29) is 0 Å². The number of anilines is 3. The highest BCUT2D eigenvalue weighted by Crippen LogP contribution is 2.58. The van der Waals surface area contributed by atoms with E-state index in [4.69, 9.17) is 6.57 Å². The molecule has 1 aliphatic heterocycles. The molecule has 0 unspecified atom stereocenters. The molecule has 1 aromatic heterocycles. The van der Waals surface area contributed by atoms with Crippen molar-refractivity contribution in [2.45, 2.75) is 5.41 Å². The van der Waals surface area contributed by atoms with Crippen molar-refractivity contribution in [3.8, 4) is 22.9 Å². The van der Waals surface area contributed by atoms with Crippen LogP contribution < -0.4 is 4.90 Å². The minimum atomic E-state index is -0.592. The highest BCUT2D eigenvalue weighted by Gasteiger charge is 2.46. The molecule has 2 heterocycles. The fourth-order valence-corrected chi connectivity index (χ4v) is 8.82. The smallest absolute Gasteiger partial charge is 0.189 e. The summed E-state index contributed by atoms with van der Waals surface area (Å²) in [6.45, 7) is 7.86. The third kappa shape index (κ3) is 4.90. The van der Waals surface area contributed by atoms with Gasteiger partial charge in [-0.1, -0.05) is 133 Å². The van der Waals surface area contributed by atoms with Crippen LogP contribution in [-0.4, -0.2) is 4.57 Å². The Kier molecular flexibility index (Phi) is 7.44. The molecule has 0 saturated carbocycles. The van der Waals surface area contributed by atoms with Crippen molar-refractivity contribution in [2.24, 2.45) is 0 Å². The van der Waals surface area contributed by atoms with E-state index in [0.717, 1.165) is 44.9 Å². The molecule has 1 aliphatic rings. The molecule has 10 rings (SSSR count). The fraction of sp³-hybridized carbons (Fsp3) is 0.0196. The normalized spacial score (nSPS) is 12.8. The van der Waals surface area contributed by atoms with Gasteiger partial charge in [0.25, 0.3) is 0 Å². The first-order chi connectivity index (χ1) is 27.2. The van der Waals surface area contributed by atoms with Crippen LogP contribution >= 0.6 is 0 Å². The summed E-state index contributed by atoms with van der Waals surface area (Å²) in [4.78, 5) is 6.14. The summed E-state index contributed by atoms with van der Waals surface area (Å²) in [5.41, 5.74) is 13.1. The van der Waals surface area contributed by atoms with Crippen molar-refractivity contribution in [3.63, 3.8) is 0 Å². The molecule has 0 fully saturated rings. The molecule has 55 heavy (non-hydrogen) atoms. The standard InChI is InChI=1S/C51H32N4/c1-53-40-29-35(34-52)28-36(30-40)37-31-41(54-47-24-12-8-20-43(47)44-21-9-13-25-48(44)54)33-42(32-37)55-49-26-14-10-22-45(49)51(38-16-4-2-5-17-38,39-18-6-3-7-19-39)46-23-11-15-27-50(46)55/h2-33H. The van der Waals surface area contributed by atoms with E-state index in [1.54, 1.807) is 6.07 Å². The van der Waals surface area contributed by atoms with Crippen LogP contribution in [0, 0.1) is 17.9 Å². The maximum atomic E-state index is 10.0. The topological polar surface area (TPSA) is 36.3 Å². The number of nitriles is 1. The second kappa shape index (κ2) is 12.8. The van der Waals surface area contributed by atoms with Crippen molar-refractivity contribution >= 4 is 44.6 Å². The van der Waals surface area contributed by atoms with Gasteiger partial charge in [0.1, 0.15) is 0 Å². The first-order valence-corrected chi connectivity index (χ1v) is 18.4. The zero-order valence-corrected chi connectivity index (χ0v) is 29.8. The van der Waals surface area contributed by atoms with E-state index in [0.29, 0.717) is 11.3 Å². The number of hydrogen-bond acceptors (Lipinski definition) is 2. The van der Waals surface area contributed by atoms with E-state index >= 15 is 0 Å². The van der Waals surface area contributed by atoms with Crippen LogP contribution in [0.3, 0.4) is 0 Å². The Bertz CT molecular complexity index is 2840. The fourth-order valence-electron chi connectivity index (χ4n) is 8.82. The molecule has 0 amide bonds. The number of fused-ring (bicyclic) bond motifs is 5. The molecular weight excluding hydrogens is 669 g/mol. The molecule has 4 nitrogen and oxygen atoms in total. The summed E-state index contributed by atoms with van der Waals surface area (Å²) >= 11 is 0. The third-order valence-corrected chi connectivity index (χ3v) is 11.0. The van der Waals surface area contributed by atoms with E-state index in [2.05, 4.69) is 196 Å². The molecule has 0 saturated heterocycles. The Morgan fingerprint density at radius 3 is 1.55 bits per heavy atom. The number of rotatable bonds is 5. The Morgan fingerprint density at radius 2 is 0.982 bits per heavy atom. The van der Waals surface area contributed by atoms with Gasteiger partial charge < -0.3 is 9.47 Å². The Hall–Kier alpha value is -7.66. The molecule has 8 aromatic carbocycles. The summed E-state index contributed by atoms with van der Waals surface area (Å²) in [5, 5.41) is 12.4. The maximum Gasteiger partial charge on any atom is 0.189 e. The number of nitrogens with zero attached hydrogens (tertiary/aromatic N) is 4.